The van der Waals surface area contributed by atoms with Gasteiger partial charge in [-0.15, -0.1) is 0 Å². The third kappa shape index (κ3) is 5.21. The molecule has 0 radical (unpaired) electrons. The molecule has 8 nitrogen and oxygen atoms in total. The number of halogens is 1. The van der Waals surface area contributed by atoms with Crippen LogP contribution in [0, 0.1) is 6.92 Å². The number of rotatable bonds is 6. The molecule has 0 aliphatic carbocycles. The molecule has 1 atom stereocenters. The smallest absolute Gasteiger partial charge is 0.339 e. The molecule has 5 rings (SSSR count). The molecule has 2 aromatic heterocycles. The number of fused-ring (bicyclic) bond motifs is 1. The van der Waals surface area contributed by atoms with E-state index in [4.69, 9.17) is 21.1 Å². The average molecular weight is 537 g/mol. The second-order valence-electron chi connectivity index (χ2n) is 9.83. The van der Waals surface area contributed by atoms with Gasteiger partial charge in [0.25, 0.3) is 5.91 Å². The summed E-state index contributed by atoms with van der Waals surface area (Å²) in [5.41, 5.74) is 5.22. The van der Waals surface area contributed by atoms with Crippen LogP contribution in [0.1, 0.15) is 44.6 Å². The highest BCUT2D eigenvalue weighted by Gasteiger charge is 2.34. The Balaban J connectivity index is 1.53. The molecule has 38 heavy (non-hydrogen) atoms. The van der Waals surface area contributed by atoms with Crippen LogP contribution < -0.4 is 0 Å². The Hall–Kier alpha value is -3.20. The number of hydrogen-bond acceptors (Lipinski definition) is 6. The number of amides is 1. The lowest BCUT2D eigenvalue weighted by Gasteiger charge is -2.40. The van der Waals surface area contributed by atoms with Crippen LogP contribution in [0.4, 0.5) is 0 Å². The summed E-state index contributed by atoms with van der Waals surface area (Å²) >= 11 is 6.39. The van der Waals surface area contributed by atoms with Crippen molar-refractivity contribution < 1.29 is 19.1 Å². The van der Waals surface area contributed by atoms with Crippen molar-refractivity contribution in [3.8, 4) is 11.3 Å². The van der Waals surface area contributed by atoms with Crippen LogP contribution in [0.3, 0.4) is 0 Å². The molecule has 0 bridgehead atoms. The number of pyridine rings is 1. The molecule has 1 amide bonds. The first kappa shape index (κ1) is 26.4. The Bertz CT molecular complexity index is 1350. The Morgan fingerprint density at radius 3 is 2.63 bits per heavy atom. The van der Waals surface area contributed by atoms with E-state index in [9.17, 15) is 9.59 Å². The first-order chi connectivity index (χ1) is 18.4. The molecule has 0 N–H and O–H groups in total. The summed E-state index contributed by atoms with van der Waals surface area (Å²) in [4.78, 5) is 35.7. The van der Waals surface area contributed by atoms with Crippen LogP contribution in [0.15, 0.2) is 42.6 Å². The zero-order chi connectivity index (χ0) is 26.8. The summed E-state index contributed by atoms with van der Waals surface area (Å²) in [6.45, 7) is 8.30. The van der Waals surface area contributed by atoms with E-state index >= 15 is 0 Å². The van der Waals surface area contributed by atoms with Crippen molar-refractivity contribution in [2.45, 2.75) is 32.9 Å². The molecule has 1 fully saturated rings. The maximum absolute atomic E-state index is 14.3. The molecule has 1 aromatic carbocycles. The Labute approximate surface area is 228 Å². The van der Waals surface area contributed by atoms with Gasteiger partial charge in [-0.2, -0.15) is 0 Å². The number of ether oxygens (including phenoxy) is 2. The fourth-order valence-corrected chi connectivity index (χ4v) is 5.54. The quantitative estimate of drug-likeness (QED) is 0.441. The highest BCUT2D eigenvalue weighted by atomic mass is 35.5. The van der Waals surface area contributed by atoms with Crippen molar-refractivity contribution in [2.24, 2.45) is 7.05 Å². The van der Waals surface area contributed by atoms with Gasteiger partial charge in [-0.3, -0.25) is 9.69 Å². The van der Waals surface area contributed by atoms with Gasteiger partial charge in [-0.25, -0.2) is 9.78 Å². The fraction of sp³-hybridized carbons (Fsp3) is 0.414. The molecule has 2 aliphatic heterocycles. The maximum Gasteiger partial charge on any atom is 0.339 e. The van der Waals surface area contributed by atoms with E-state index in [-0.39, 0.29) is 18.6 Å². The van der Waals surface area contributed by atoms with Gasteiger partial charge in [0, 0.05) is 56.7 Å². The molecular formula is C29H33ClN4O4. The first-order valence-corrected chi connectivity index (χ1v) is 13.4. The van der Waals surface area contributed by atoms with E-state index in [0.717, 1.165) is 37.3 Å². The zero-order valence-corrected chi connectivity index (χ0v) is 22.8. The second-order valence-corrected chi connectivity index (χ2v) is 10.3. The third-order valence-corrected chi connectivity index (χ3v) is 7.76. The zero-order valence-electron chi connectivity index (χ0n) is 22.1. The predicted molar refractivity (Wildman–Crippen MR) is 145 cm³/mol. The Morgan fingerprint density at radius 1 is 1.16 bits per heavy atom. The topological polar surface area (TPSA) is 76.9 Å². The molecule has 0 spiro atoms. The van der Waals surface area contributed by atoms with Crippen molar-refractivity contribution in [3.05, 3.63) is 75.7 Å². The number of carbonyl (C=O) groups excluding carboxylic acids is 2. The van der Waals surface area contributed by atoms with Gasteiger partial charge in [0.15, 0.2) is 0 Å². The summed E-state index contributed by atoms with van der Waals surface area (Å²) in [5.74, 6) is -0.547. The molecule has 3 aromatic rings. The van der Waals surface area contributed by atoms with Gasteiger partial charge in [-0.05, 0) is 43.5 Å². The number of esters is 1. The van der Waals surface area contributed by atoms with Gasteiger partial charge in [0.1, 0.15) is 5.69 Å². The summed E-state index contributed by atoms with van der Waals surface area (Å²) in [5, 5.41) is 0.418. The number of aromatic nitrogens is 2. The van der Waals surface area contributed by atoms with Crippen LogP contribution in [-0.4, -0.2) is 76.7 Å². The van der Waals surface area contributed by atoms with Gasteiger partial charge in [-0.1, -0.05) is 35.9 Å². The fourth-order valence-electron chi connectivity index (χ4n) is 5.38. The van der Waals surface area contributed by atoms with Gasteiger partial charge in [0.05, 0.1) is 36.1 Å². The monoisotopic (exact) mass is 536 g/mol. The van der Waals surface area contributed by atoms with Crippen molar-refractivity contribution in [2.75, 3.05) is 39.5 Å². The van der Waals surface area contributed by atoms with Crippen molar-refractivity contribution in [1.82, 2.24) is 19.4 Å². The van der Waals surface area contributed by atoms with E-state index in [1.807, 2.05) is 29.5 Å². The minimum atomic E-state index is -0.395. The third-order valence-electron chi connectivity index (χ3n) is 7.55. The summed E-state index contributed by atoms with van der Waals surface area (Å²) < 4.78 is 12.7. The normalized spacial score (nSPS) is 17.8. The lowest BCUT2D eigenvalue weighted by atomic mass is 9.92. The van der Waals surface area contributed by atoms with E-state index in [0.29, 0.717) is 47.3 Å². The number of benzene rings is 1. The SMILES string of the molecule is CCOC(=O)c1cc(-c2cc(Cl)cnc2C(=O)N2Cc3ccccc3C[C@H]2CN2CCOCC2)n(C)c1C. The molecule has 2 aliphatic rings. The lowest BCUT2D eigenvalue weighted by molar-refractivity contribution is 0.0191. The van der Waals surface area contributed by atoms with Crippen molar-refractivity contribution >= 4 is 23.5 Å². The van der Waals surface area contributed by atoms with Crippen LogP contribution in [0.5, 0.6) is 0 Å². The number of carbonyl (C=O) groups is 2. The first-order valence-electron chi connectivity index (χ1n) is 13.0. The predicted octanol–water partition coefficient (Wildman–Crippen LogP) is 4.12. The molecule has 4 heterocycles. The van der Waals surface area contributed by atoms with Crippen molar-refractivity contribution in [1.29, 1.82) is 0 Å². The Kier molecular flexibility index (Phi) is 7.83. The van der Waals surface area contributed by atoms with Gasteiger partial charge >= 0.3 is 5.97 Å². The molecule has 1 saturated heterocycles. The molecule has 0 saturated carbocycles. The Morgan fingerprint density at radius 2 is 1.89 bits per heavy atom. The van der Waals surface area contributed by atoms with E-state index in [1.54, 1.807) is 19.1 Å². The summed E-state index contributed by atoms with van der Waals surface area (Å²) in [6, 6.07) is 11.8. The van der Waals surface area contributed by atoms with Gasteiger partial charge < -0.3 is 18.9 Å². The second kappa shape index (κ2) is 11.3. The number of morpholine rings is 1. The van der Waals surface area contributed by atoms with Crippen LogP contribution in [-0.2, 0) is 29.5 Å². The minimum Gasteiger partial charge on any atom is -0.462 e. The molecular weight excluding hydrogens is 504 g/mol. The minimum absolute atomic E-state index is 0.00827. The molecule has 200 valence electrons. The highest BCUT2D eigenvalue weighted by Crippen LogP contribution is 2.32. The van der Waals surface area contributed by atoms with Crippen LogP contribution in [0.25, 0.3) is 11.3 Å². The average Bonchev–Trinajstić information content (AvgIpc) is 3.22. The van der Waals surface area contributed by atoms with Gasteiger partial charge in [0.2, 0.25) is 0 Å². The van der Waals surface area contributed by atoms with E-state index in [2.05, 4.69) is 28.1 Å². The van der Waals surface area contributed by atoms with E-state index < -0.39 is 5.97 Å². The standard InChI is InChI=1S/C29H33ClN4O4/c1-4-38-29(36)24-15-26(32(3)19(24)2)25-14-22(30)16-31-27(25)28(35)34-17-21-8-6-5-7-20(21)13-23(34)18-33-9-11-37-12-10-33/h5-8,14-16,23H,4,9-13,17-18H2,1-3H3/t23-/m0/s1. The summed E-state index contributed by atoms with van der Waals surface area (Å²) in [7, 11) is 1.86. The largest absolute Gasteiger partial charge is 0.462 e. The van der Waals surface area contributed by atoms with Crippen LogP contribution >= 0.6 is 11.6 Å². The maximum atomic E-state index is 14.3. The van der Waals surface area contributed by atoms with E-state index in [1.165, 1.54) is 11.8 Å². The van der Waals surface area contributed by atoms with Crippen LogP contribution in [0.2, 0.25) is 5.02 Å². The summed E-state index contributed by atoms with van der Waals surface area (Å²) in [6.07, 6.45) is 2.29. The lowest BCUT2D eigenvalue weighted by Crippen LogP contribution is -2.52. The number of hydrogen-bond donors (Lipinski definition) is 0. The number of nitrogens with zero attached hydrogens (tertiary/aromatic N) is 4. The highest BCUT2D eigenvalue weighted by molar-refractivity contribution is 6.30. The molecule has 9 heteroatoms. The van der Waals surface area contributed by atoms with Crippen molar-refractivity contribution in [3.63, 3.8) is 0 Å². The molecule has 0 unspecified atom stereocenters.